The van der Waals surface area contributed by atoms with Gasteiger partial charge in [0, 0.05) is 12.6 Å². The van der Waals surface area contributed by atoms with E-state index in [0.29, 0.717) is 18.7 Å². The number of hydrogen-bond donors (Lipinski definition) is 0. The summed E-state index contributed by atoms with van der Waals surface area (Å²) < 4.78 is 0. The predicted octanol–water partition coefficient (Wildman–Crippen LogP) is 3.15. The lowest BCUT2D eigenvalue weighted by molar-refractivity contribution is -0.157. The van der Waals surface area contributed by atoms with Crippen molar-refractivity contribution in [2.45, 2.75) is 45.4 Å². The van der Waals surface area contributed by atoms with Crippen LogP contribution in [0.4, 0.5) is 0 Å². The summed E-state index contributed by atoms with van der Waals surface area (Å²) in [5.41, 5.74) is 1.22. The van der Waals surface area contributed by atoms with Crippen molar-refractivity contribution in [1.82, 2.24) is 9.96 Å². The molecule has 3 rings (SSSR count). The Morgan fingerprint density at radius 1 is 1.26 bits per heavy atom. The third kappa shape index (κ3) is 2.35. The fourth-order valence-corrected chi connectivity index (χ4v) is 3.10. The van der Waals surface area contributed by atoms with E-state index in [4.69, 9.17) is 4.84 Å². The van der Waals surface area contributed by atoms with Gasteiger partial charge in [-0.3, -0.25) is 4.84 Å². The summed E-state index contributed by atoms with van der Waals surface area (Å²) >= 11 is 0. The van der Waals surface area contributed by atoms with E-state index < -0.39 is 0 Å². The Hall–Kier alpha value is -1.48. The number of rotatable bonds is 3. The molecule has 0 N–H and O–H groups in total. The van der Waals surface area contributed by atoms with Crippen molar-refractivity contribution in [3.8, 4) is 0 Å². The number of nitrogens with zero attached hydrogens (tertiary/aromatic N) is 2. The molecule has 0 saturated carbocycles. The lowest BCUT2D eigenvalue weighted by Gasteiger charge is -2.29. The molecule has 2 aliphatic heterocycles. The quantitative estimate of drug-likeness (QED) is 0.828. The van der Waals surface area contributed by atoms with E-state index in [-0.39, 0.29) is 0 Å². The largest absolute Gasteiger partial charge is 0.352 e. The monoisotopic (exact) mass is 258 g/mol. The van der Waals surface area contributed by atoms with Crippen LogP contribution in [0.5, 0.6) is 0 Å². The fourth-order valence-electron chi connectivity index (χ4n) is 3.10. The van der Waals surface area contributed by atoms with E-state index in [9.17, 15) is 0 Å². The van der Waals surface area contributed by atoms with Crippen LogP contribution in [0.3, 0.4) is 0 Å². The molecule has 2 atom stereocenters. The van der Waals surface area contributed by atoms with Crippen molar-refractivity contribution in [2.24, 2.45) is 0 Å². The lowest BCUT2D eigenvalue weighted by atomic mass is 10.0. The Bertz CT molecular complexity index is 457. The van der Waals surface area contributed by atoms with Gasteiger partial charge in [0.1, 0.15) is 5.82 Å². The Morgan fingerprint density at radius 3 is 2.79 bits per heavy atom. The summed E-state index contributed by atoms with van der Waals surface area (Å²) in [4.78, 5) is 8.55. The highest BCUT2D eigenvalue weighted by Gasteiger charge is 2.40. The van der Waals surface area contributed by atoms with E-state index >= 15 is 0 Å². The molecule has 19 heavy (non-hydrogen) atoms. The predicted molar refractivity (Wildman–Crippen MR) is 76.0 cm³/mol. The summed E-state index contributed by atoms with van der Waals surface area (Å²) in [7, 11) is 0. The van der Waals surface area contributed by atoms with Crippen molar-refractivity contribution in [2.75, 3.05) is 6.54 Å². The maximum atomic E-state index is 6.08. The molecular weight excluding hydrogens is 236 g/mol. The van der Waals surface area contributed by atoms with Gasteiger partial charge >= 0.3 is 0 Å². The first kappa shape index (κ1) is 12.5. The maximum Gasteiger partial charge on any atom is 0.125 e. The third-order valence-corrected chi connectivity index (χ3v) is 4.18. The molecule has 2 heterocycles. The van der Waals surface area contributed by atoms with Gasteiger partial charge in [-0.1, -0.05) is 30.3 Å². The van der Waals surface area contributed by atoms with E-state index in [1.807, 2.05) is 6.07 Å². The average Bonchev–Trinajstić information content (AvgIpc) is 2.75. The molecule has 0 radical (unpaired) electrons. The topological polar surface area (TPSA) is 15.7 Å². The van der Waals surface area contributed by atoms with Crippen molar-refractivity contribution >= 4 is 0 Å². The molecule has 2 bridgehead atoms. The van der Waals surface area contributed by atoms with E-state index in [0.717, 1.165) is 6.54 Å². The number of benzene rings is 1. The highest BCUT2D eigenvalue weighted by atomic mass is 16.7. The zero-order valence-corrected chi connectivity index (χ0v) is 11.7. The summed E-state index contributed by atoms with van der Waals surface area (Å²) in [5.74, 6) is 1.24. The second kappa shape index (κ2) is 5.25. The molecule has 2 fully saturated rings. The zero-order chi connectivity index (χ0) is 13.2. The highest BCUT2D eigenvalue weighted by Crippen LogP contribution is 2.35. The van der Waals surface area contributed by atoms with E-state index in [2.05, 4.69) is 54.2 Å². The molecule has 1 aromatic rings. The standard InChI is InChI=1S/C16H22N2O/c1-3-16-17-11-15(10-9-13(17)2)18(16)19-12-14-7-5-4-6-8-14/h3-8,13,15H,9-12H2,1-2H3. The molecule has 3 heteroatoms. The molecule has 2 saturated heterocycles. The van der Waals surface area contributed by atoms with Gasteiger partial charge in [-0.2, -0.15) is 0 Å². The molecule has 0 aromatic heterocycles. The first-order chi connectivity index (χ1) is 9.29. The minimum Gasteiger partial charge on any atom is -0.352 e. The summed E-state index contributed by atoms with van der Waals surface area (Å²) in [5, 5.41) is 2.14. The average molecular weight is 258 g/mol. The van der Waals surface area contributed by atoms with E-state index in [1.165, 1.54) is 24.2 Å². The molecule has 102 valence electrons. The summed E-state index contributed by atoms with van der Waals surface area (Å²) in [6.07, 6.45) is 4.66. The van der Waals surface area contributed by atoms with Gasteiger partial charge in [-0.15, -0.1) is 0 Å². The Morgan fingerprint density at radius 2 is 2.05 bits per heavy atom. The number of piperidine rings is 1. The van der Waals surface area contributed by atoms with Gasteiger partial charge in [0.2, 0.25) is 0 Å². The summed E-state index contributed by atoms with van der Waals surface area (Å²) in [6, 6.07) is 11.5. The molecule has 1 aromatic carbocycles. The van der Waals surface area contributed by atoms with Gasteiger partial charge < -0.3 is 4.90 Å². The zero-order valence-electron chi connectivity index (χ0n) is 11.7. The Labute approximate surface area is 115 Å². The molecule has 2 aliphatic rings. The second-order valence-electron chi connectivity index (χ2n) is 5.46. The molecule has 0 aliphatic carbocycles. The molecule has 0 spiro atoms. The highest BCUT2D eigenvalue weighted by molar-refractivity contribution is 5.14. The third-order valence-electron chi connectivity index (χ3n) is 4.18. The summed E-state index contributed by atoms with van der Waals surface area (Å²) in [6.45, 7) is 6.16. The van der Waals surface area contributed by atoms with Crippen LogP contribution in [0.2, 0.25) is 0 Å². The number of hydroxylamine groups is 2. The van der Waals surface area contributed by atoms with Crippen molar-refractivity contribution < 1.29 is 4.84 Å². The molecule has 0 amide bonds. The first-order valence-electron chi connectivity index (χ1n) is 7.18. The van der Waals surface area contributed by atoms with Crippen molar-refractivity contribution in [1.29, 1.82) is 0 Å². The Kier molecular flexibility index (Phi) is 3.47. The molecule has 3 nitrogen and oxygen atoms in total. The SMILES string of the molecule is CC=C1N2CC(CCC2C)N1OCc1ccccc1. The van der Waals surface area contributed by atoms with Crippen LogP contribution in [0.15, 0.2) is 42.2 Å². The number of allylic oxidation sites excluding steroid dienone is 1. The van der Waals surface area contributed by atoms with Gasteiger partial charge in [0.25, 0.3) is 0 Å². The van der Waals surface area contributed by atoms with Crippen LogP contribution < -0.4 is 0 Å². The van der Waals surface area contributed by atoms with Crippen molar-refractivity contribution in [3.63, 3.8) is 0 Å². The molecular formula is C16H22N2O. The van der Waals surface area contributed by atoms with Crippen LogP contribution in [-0.2, 0) is 11.4 Å². The fraction of sp³-hybridized carbons (Fsp3) is 0.500. The number of fused-ring (bicyclic) bond motifs is 2. The minimum absolute atomic E-state index is 0.520. The van der Waals surface area contributed by atoms with Gasteiger partial charge in [-0.25, -0.2) is 5.06 Å². The smallest absolute Gasteiger partial charge is 0.125 e. The maximum absolute atomic E-state index is 6.08. The lowest BCUT2D eigenvalue weighted by Crippen LogP contribution is -2.36. The van der Waals surface area contributed by atoms with Crippen LogP contribution >= 0.6 is 0 Å². The minimum atomic E-state index is 0.520. The second-order valence-corrected chi connectivity index (χ2v) is 5.46. The normalized spacial score (nSPS) is 28.2. The number of hydrogen-bond acceptors (Lipinski definition) is 3. The molecule has 2 unspecified atom stereocenters. The van der Waals surface area contributed by atoms with Crippen LogP contribution in [-0.4, -0.2) is 28.6 Å². The van der Waals surface area contributed by atoms with E-state index in [1.54, 1.807) is 0 Å². The van der Waals surface area contributed by atoms with Crippen molar-refractivity contribution in [3.05, 3.63) is 47.8 Å². The van der Waals surface area contributed by atoms with Crippen LogP contribution in [0, 0.1) is 0 Å². The first-order valence-corrected chi connectivity index (χ1v) is 7.18. The Balaban J connectivity index is 1.70. The van der Waals surface area contributed by atoms with Gasteiger partial charge in [0.05, 0.1) is 12.6 Å². The van der Waals surface area contributed by atoms with Gasteiger partial charge in [-0.05, 0) is 38.3 Å². The van der Waals surface area contributed by atoms with Gasteiger partial charge in [0.15, 0.2) is 0 Å². The van der Waals surface area contributed by atoms with Crippen LogP contribution in [0.25, 0.3) is 0 Å². The van der Waals surface area contributed by atoms with Crippen LogP contribution in [0.1, 0.15) is 32.3 Å².